The normalized spacial score (nSPS) is 11.6. The van der Waals surface area contributed by atoms with Crippen LogP contribution in [0.15, 0.2) is 77.7 Å². The number of amides is 1. The van der Waals surface area contributed by atoms with Crippen LogP contribution in [0.1, 0.15) is 36.7 Å². The van der Waals surface area contributed by atoms with Gasteiger partial charge in [-0.1, -0.05) is 68.8 Å². The van der Waals surface area contributed by atoms with Crippen LogP contribution in [0.2, 0.25) is 5.02 Å². The van der Waals surface area contributed by atoms with Gasteiger partial charge in [-0.15, -0.1) is 0 Å². The van der Waals surface area contributed by atoms with E-state index in [1.807, 2.05) is 24.3 Å². The molecule has 0 saturated heterocycles. The molecule has 3 aromatic rings. The summed E-state index contributed by atoms with van der Waals surface area (Å²) >= 11 is 6.25. The van der Waals surface area contributed by atoms with Crippen molar-refractivity contribution in [1.82, 2.24) is 5.32 Å². The van der Waals surface area contributed by atoms with Gasteiger partial charge in [0.1, 0.15) is 12.4 Å². The van der Waals surface area contributed by atoms with Gasteiger partial charge < -0.3 is 10.1 Å². The lowest BCUT2D eigenvalue weighted by Gasteiger charge is -2.22. The standard InChI is InChI=1S/C25H27ClN2O4S/c1-25(2,3)21-11-7-8-12-23(21)32-16-15-27-24(29)20-14-13-18(17-22(20)26)28-33(30,31)19-9-5-4-6-10-19/h4-14,17,28H,15-16H2,1-3H3,(H,27,29). The Morgan fingerprint density at radius 3 is 2.30 bits per heavy atom. The lowest BCUT2D eigenvalue weighted by atomic mass is 9.86. The summed E-state index contributed by atoms with van der Waals surface area (Å²) < 4.78 is 33.3. The fraction of sp³-hybridized carbons (Fsp3) is 0.240. The van der Waals surface area contributed by atoms with E-state index < -0.39 is 10.0 Å². The highest BCUT2D eigenvalue weighted by Gasteiger charge is 2.19. The molecule has 174 valence electrons. The molecule has 0 spiro atoms. The first-order valence-electron chi connectivity index (χ1n) is 10.5. The Balaban J connectivity index is 1.58. The van der Waals surface area contributed by atoms with E-state index in [4.69, 9.17) is 16.3 Å². The number of carbonyl (C=O) groups is 1. The van der Waals surface area contributed by atoms with E-state index >= 15 is 0 Å². The van der Waals surface area contributed by atoms with Gasteiger partial charge in [0.05, 0.1) is 27.7 Å². The van der Waals surface area contributed by atoms with E-state index in [9.17, 15) is 13.2 Å². The first-order valence-corrected chi connectivity index (χ1v) is 12.3. The van der Waals surface area contributed by atoms with Crippen molar-refractivity contribution >= 4 is 33.2 Å². The Labute approximate surface area is 200 Å². The van der Waals surface area contributed by atoms with Crippen LogP contribution in [0.25, 0.3) is 0 Å². The Morgan fingerprint density at radius 2 is 1.64 bits per heavy atom. The van der Waals surface area contributed by atoms with E-state index in [0.717, 1.165) is 11.3 Å². The Hall–Kier alpha value is -3.03. The second-order valence-corrected chi connectivity index (χ2v) is 10.6. The van der Waals surface area contributed by atoms with Gasteiger partial charge in [-0.05, 0) is 47.4 Å². The maximum Gasteiger partial charge on any atom is 0.261 e. The molecule has 0 radical (unpaired) electrons. The first-order chi connectivity index (χ1) is 15.6. The summed E-state index contributed by atoms with van der Waals surface area (Å²) in [6, 6.07) is 20.2. The minimum Gasteiger partial charge on any atom is -0.491 e. The van der Waals surface area contributed by atoms with E-state index in [2.05, 4.69) is 30.8 Å². The third-order valence-corrected chi connectivity index (χ3v) is 6.57. The summed E-state index contributed by atoms with van der Waals surface area (Å²) in [5.74, 6) is 0.414. The zero-order chi connectivity index (χ0) is 24.1. The van der Waals surface area contributed by atoms with Crippen LogP contribution in [0.5, 0.6) is 5.75 Å². The number of carbonyl (C=O) groups excluding carboxylic acids is 1. The fourth-order valence-electron chi connectivity index (χ4n) is 3.21. The van der Waals surface area contributed by atoms with Crippen LogP contribution in [0.3, 0.4) is 0 Å². The minimum absolute atomic E-state index is 0.0584. The first kappa shape index (κ1) is 24.6. The second-order valence-electron chi connectivity index (χ2n) is 8.46. The number of hydrogen-bond donors (Lipinski definition) is 2. The topological polar surface area (TPSA) is 84.5 Å². The van der Waals surface area contributed by atoms with E-state index in [-0.39, 0.29) is 39.0 Å². The van der Waals surface area contributed by atoms with Crippen LogP contribution in [0.4, 0.5) is 5.69 Å². The Morgan fingerprint density at radius 1 is 0.970 bits per heavy atom. The zero-order valence-corrected chi connectivity index (χ0v) is 20.3. The molecule has 0 aliphatic carbocycles. The van der Waals surface area contributed by atoms with Crippen molar-refractivity contribution in [2.75, 3.05) is 17.9 Å². The van der Waals surface area contributed by atoms with Crippen molar-refractivity contribution < 1.29 is 17.9 Å². The summed E-state index contributed by atoms with van der Waals surface area (Å²) in [7, 11) is -3.75. The molecule has 1 amide bonds. The number of halogens is 1. The molecule has 3 rings (SSSR count). The minimum atomic E-state index is -3.75. The fourth-order valence-corrected chi connectivity index (χ4v) is 4.55. The van der Waals surface area contributed by atoms with Gasteiger partial charge in [0.2, 0.25) is 0 Å². The number of benzene rings is 3. The van der Waals surface area contributed by atoms with Crippen LogP contribution in [-0.4, -0.2) is 27.5 Å². The number of para-hydroxylation sites is 1. The van der Waals surface area contributed by atoms with Gasteiger partial charge in [-0.2, -0.15) is 0 Å². The molecule has 6 nitrogen and oxygen atoms in total. The maximum absolute atomic E-state index is 12.5. The highest BCUT2D eigenvalue weighted by Crippen LogP contribution is 2.30. The quantitative estimate of drug-likeness (QED) is 0.426. The van der Waals surface area contributed by atoms with E-state index in [1.165, 1.54) is 30.3 Å². The number of nitrogens with one attached hydrogen (secondary N) is 2. The number of hydrogen-bond acceptors (Lipinski definition) is 4. The third-order valence-electron chi connectivity index (χ3n) is 4.86. The van der Waals surface area contributed by atoms with Gasteiger partial charge in [-0.25, -0.2) is 8.42 Å². The molecule has 0 aliphatic rings. The molecule has 0 aromatic heterocycles. The van der Waals surface area contributed by atoms with Crippen molar-refractivity contribution in [3.63, 3.8) is 0 Å². The van der Waals surface area contributed by atoms with Crippen molar-refractivity contribution in [3.05, 3.63) is 88.9 Å². The smallest absolute Gasteiger partial charge is 0.261 e. The van der Waals surface area contributed by atoms with E-state index in [0.29, 0.717) is 6.61 Å². The van der Waals surface area contributed by atoms with Crippen LogP contribution in [0, 0.1) is 0 Å². The molecule has 3 aromatic carbocycles. The second kappa shape index (κ2) is 10.3. The van der Waals surface area contributed by atoms with Crippen molar-refractivity contribution in [2.24, 2.45) is 0 Å². The van der Waals surface area contributed by atoms with Crippen LogP contribution >= 0.6 is 11.6 Å². The molecule has 0 bridgehead atoms. The third kappa shape index (κ3) is 6.49. The molecule has 0 heterocycles. The van der Waals surface area contributed by atoms with Crippen molar-refractivity contribution in [3.8, 4) is 5.75 Å². The molecule has 0 unspecified atom stereocenters. The van der Waals surface area contributed by atoms with Crippen LogP contribution < -0.4 is 14.8 Å². The summed E-state index contributed by atoms with van der Waals surface area (Å²) in [5, 5.41) is 2.91. The van der Waals surface area contributed by atoms with Crippen molar-refractivity contribution in [2.45, 2.75) is 31.1 Å². The molecule has 0 fully saturated rings. The Bertz CT molecular complexity index is 1220. The molecular weight excluding hydrogens is 460 g/mol. The van der Waals surface area contributed by atoms with Crippen LogP contribution in [-0.2, 0) is 15.4 Å². The number of anilines is 1. The summed E-state index contributed by atoms with van der Waals surface area (Å²) in [6.45, 7) is 6.93. The Kier molecular flexibility index (Phi) is 7.66. The molecule has 0 saturated carbocycles. The lowest BCUT2D eigenvalue weighted by Crippen LogP contribution is -2.28. The summed E-state index contributed by atoms with van der Waals surface area (Å²) in [5.41, 5.74) is 1.54. The van der Waals surface area contributed by atoms with Gasteiger partial charge in [-0.3, -0.25) is 9.52 Å². The highest BCUT2D eigenvalue weighted by atomic mass is 35.5. The zero-order valence-electron chi connectivity index (χ0n) is 18.8. The van der Waals surface area contributed by atoms with Gasteiger partial charge in [0.25, 0.3) is 15.9 Å². The van der Waals surface area contributed by atoms with Gasteiger partial charge >= 0.3 is 0 Å². The van der Waals surface area contributed by atoms with Gasteiger partial charge in [0.15, 0.2) is 0 Å². The predicted molar refractivity (Wildman–Crippen MR) is 132 cm³/mol. The average Bonchev–Trinajstić information content (AvgIpc) is 2.76. The predicted octanol–water partition coefficient (Wildman–Crippen LogP) is 5.25. The number of rotatable bonds is 8. The van der Waals surface area contributed by atoms with Crippen molar-refractivity contribution in [1.29, 1.82) is 0 Å². The summed E-state index contributed by atoms with van der Waals surface area (Å²) in [4.78, 5) is 12.7. The van der Waals surface area contributed by atoms with E-state index in [1.54, 1.807) is 18.2 Å². The largest absolute Gasteiger partial charge is 0.491 e. The number of ether oxygens (including phenoxy) is 1. The van der Waals surface area contributed by atoms with Gasteiger partial charge in [0, 0.05) is 0 Å². The molecular formula is C25H27ClN2O4S. The SMILES string of the molecule is CC(C)(C)c1ccccc1OCCNC(=O)c1ccc(NS(=O)(=O)c2ccccc2)cc1Cl. The molecule has 0 aliphatic heterocycles. The number of sulfonamides is 1. The molecule has 8 heteroatoms. The molecule has 2 N–H and O–H groups in total. The molecule has 0 atom stereocenters. The lowest BCUT2D eigenvalue weighted by molar-refractivity contribution is 0.0947. The average molecular weight is 487 g/mol. The highest BCUT2D eigenvalue weighted by molar-refractivity contribution is 7.92. The monoisotopic (exact) mass is 486 g/mol. The molecule has 33 heavy (non-hydrogen) atoms. The summed E-state index contributed by atoms with van der Waals surface area (Å²) in [6.07, 6.45) is 0. The maximum atomic E-state index is 12.5.